The summed E-state index contributed by atoms with van der Waals surface area (Å²) in [7, 11) is 0. The van der Waals surface area contributed by atoms with E-state index in [0.29, 0.717) is 12.0 Å². The molecule has 18 heavy (non-hydrogen) atoms. The predicted molar refractivity (Wildman–Crippen MR) is 75.7 cm³/mol. The lowest BCUT2D eigenvalue weighted by atomic mass is 9.94. The van der Waals surface area contributed by atoms with Crippen molar-refractivity contribution in [3.63, 3.8) is 0 Å². The fourth-order valence-electron chi connectivity index (χ4n) is 2.72. The number of anilines is 1. The van der Waals surface area contributed by atoms with Crippen molar-refractivity contribution < 1.29 is 0 Å². The van der Waals surface area contributed by atoms with Crippen LogP contribution in [-0.4, -0.2) is 28.7 Å². The van der Waals surface area contributed by atoms with Gasteiger partial charge in [-0.25, -0.2) is 4.98 Å². The van der Waals surface area contributed by atoms with Gasteiger partial charge in [-0.1, -0.05) is 13.3 Å². The minimum atomic E-state index is 0.579. The summed E-state index contributed by atoms with van der Waals surface area (Å²) in [5.41, 5.74) is 5.83. The second-order valence-electron chi connectivity index (χ2n) is 5.45. The molecule has 2 N–H and O–H groups in total. The normalized spacial score (nSPS) is 24.5. The second-order valence-corrected chi connectivity index (χ2v) is 5.45. The molecule has 0 aliphatic carbocycles. The van der Waals surface area contributed by atoms with Crippen LogP contribution in [0.5, 0.6) is 0 Å². The Labute approximate surface area is 110 Å². The summed E-state index contributed by atoms with van der Waals surface area (Å²) in [6.45, 7) is 7.44. The minimum absolute atomic E-state index is 0.579. The first-order valence-electron chi connectivity index (χ1n) is 7.24. The summed E-state index contributed by atoms with van der Waals surface area (Å²) < 4.78 is 2.29. The SMILES string of the molecule is CCCCn1ccnc1N1CC(CN)CCC1C. The Morgan fingerprint density at radius 3 is 3.00 bits per heavy atom. The second kappa shape index (κ2) is 6.23. The topological polar surface area (TPSA) is 47.1 Å². The van der Waals surface area contributed by atoms with Crippen molar-refractivity contribution in [2.45, 2.75) is 52.1 Å². The number of rotatable bonds is 5. The Kier molecular flexibility index (Phi) is 4.64. The number of nitrogens with zero attached hydrogens (tertiary/aromatic N) is 3. The highest BCUT2D eigenvalue weighted by Crippen LogP contribution is 2.26. The lowest BCUT2D eigenvalue weighted by molar-refractivity contribution is 0.366. The molecule has 0 spiro atoms. The number of nitrogens with two attached hydrogens (primary N) is 1. The first-order valence-corrected chi connectivity index (χ1v) is 7.24. The van der Waals surface area contributed by atoms with Gasteiger partial charge < -0.3 is 15.2 Å². The molecule has 1 aromatic rings. The molecule has 102 valence electrons. The zero-order chi connectivity index (χ0) is 13.0. The molecule has 1 aliphatic rings. The van der Waals surface area contributed by atoms with Crippen LogP contribution < -0.4 is 10.6 Å². The Morgan fingerprint density at radius 2 is 2.28 bits per heavy atom. The van der Waals surface area contributed by atoms with Gasteiger partial charge in [-0.05, 0) is 38.6 Å². The molecule has 0 saturated carbocycles. The van der Waals surface area contributed by atoms with Crippen LogP contribution in [0.2, 0.25) is 0 Å². The number of unbranched alkanes of at least 4 members (excludes halogenated alkanes) is 1. The molecular weight excluding hydrogens is 224 g/mol. The molecule has 4 heteroatoms. The average molecular weight is 250 g/mol. The third kappa shape index (κ3) is 2.86. The monoisotopic (exact) mass is 250 g/mol. The van der Waals surface area contributed by atoms with Crippen molar-refractivity contribution in [2.75, 3.05) is 18.0 Å². The summed E-state index contributed by atoms with van der Waals surface area (Å²) in [4.78, 5) is 7.00. The van der Waals surface area contributed by atoms with Crippen LogP contribution in [0.3, 0.4) is 0 Å². The smallest absolute Gasteiger partial charge is 0.205 e. The Morgan fingerprint density at radius 1 is 1.44 bits per heavy atom. The van der Waals surface area contributed by atoms with E-state index in [4.69, 9.17) is 5.73 Å². The highest BCUT2D eigenvalue weighted by atomic mass is 15.3. The lowest BCUT2D eigenvalue weighted by Gasteiger charge is -2.38. The molecule has 1 saturated heterocycles. The van der Waals surface area contributed by atoms with Crippen molar-refractivity contribution in [3.05, 3.63) is 12.4 Å². The van der Waals surface area contributed by atoms with E-state index in [1.54, 1.807) is 0 Å². The summed E-state index contributed by atoms with van der Waals surface area (Å²) >= 11 is 0. The molecule has 4 nitrogen and oxygen atoms in total. The summed E-state index contributed by atoms with van der Waals surface area (Å²) in [6.07, 6.45) is 8.93. The standard InChI is InChI=1S/C14H26N4/c1-3-4-8-17-9-7-16-14(17)18-11-13(10-15)6-5-12(18)2/h7,9,12-13H,3-6,8,10-11,15H2,1-2H3. The summed E-state index contributed by atoms with van der Waals surface area (Å²) in [5, 5.41) is 0. The van der Waals surface area contributed by atoms with Crippen molar-refractivity contribution in [1.29, 1.82) is 0 Å². The molecule has 1 aliphatic heterocycles. The molecule has 2 atom stereocenters. The van der Waals surface area contributed by atoms with Gasteiger partial charge in [0.25, 0.3) is 0 Å². The van der Waals surface area contributed by atoms with E-state index in [1.165, 1.54) is 25.7 Å². The van der Waals surface area contributed by atoms with Crippen molar-refractivity contribution in [1.82, 2.24) is 9.55 Å². The lowest BCUT2D eigenvalue weighted by Crippen LogP contribution is -2.45. The summed E-state index contributed by atoms with van der Waals surface area (Å²) in [5.74, 6) is 1.76. The Bertz CT molecular complexity index is 360. The van der Waals surface area contributed by atoms with Crippen molar-refractivity contribution in [3.8, 4) is 0 Å². The maximum atomic E-state index is 5.83. The van der Waals surface area contributed by atoms with Gasteiger partial charge in [0.1, 0.15) is 0 Å². The van der Waals surface area contributed by atoms with Gasteiger partial charge in [0.2, 0.25) is 5.95 Å². The minimum Gasteiger partial charge on any atom is -0.339 e. The third-order valence-electron chi connectivity index (χ3n) is 4.02. The fraction of sp³-hybridized carbons (Fsp3) is 0.786. The van der Waals surface area contributed by atoms with Gasteiger partial charge in [-0.2, -0.15) is 0 Å². The molecule has 2 rings (SSSR count). The van der Waals surface area contributed by atoms with E-state index in [2.05, 4.69) is 34.5 Å². The van der Waals surface area contributed by atoms with Crippen molar-refractivity contribution >= 4 is 5.95 Å². The average Bonchev–Trinajstić information content (AvgIpc) is 2.85. The van der Waals surface area contributed by atoms with Crippen LogP contribution in [0.1, 0.15) is 39.5 Å². The number of imidazole rings is 1. The highest BCUT2D eigenvalue weighted by molar-refractivity contribution is 5.34. The van der Waals surface area contributed by atoms with Crippen LogP contribution in [0.15, 0.2) is 12.4 Å². The van der Waals surface area contributed by atoms with E-state index in [0.717, 1.165) is 25.6 Å². The van der Waals surface area contributed by atoms with Crippen LogP contribution in [0.25, 0.3) is 0 Å². The number of aryl methyl sites for hydroxylation is 1. The first-order chi connectivity index (χ1) is 8.76. The fourth-order valence-corrected chi connectivity index (χ4v) is 2.72. The molecule has 0 amide bonds. The first kappa shape index (κ1) is 13.4. The van der Waals surface area contributed by atoms with Crippen molar-refractivity contribution in [2.24, 2.45) is 11.7 Å². The van der Waals surface area contributed by atoms with Crippen LogP contribution >= 0.6 is 0 Å². The third-order valence-corrected chi connectivity index (χ3v) is 4.02. The maximum Gasteiger partial charge on any atom is 0.205 e. The zero-order valence-corrected chi connectivity index (χ0v) is 11.7. The van der Waals surface area contributed by atoms with Crippen LogP contribution in [0.4, 0.5) is 5.95 Å². The van der Waals surface area contributed by atoms with Gasteiger partial charge >= 0.3 is 0 Å². The van der Waals surface area contributed by atoms with E-state index >= 15 is 0 Å². The quantitative estimate of drug-likeness (QED) is 0.872. The number of hydrogen-bond acceptors (Lipinski definition) is 3. The summed E-state index contributed by atoms with van der Waals surface area (Å²) in [6, 6.07) is 0.579. The zero-order valence-electron chi connectivity index (χ0n) is 11.7. The molecule has 2 heterocycles. The van der Waals surface area contributed by atoms with Gasteiger partial charge in [0.15, 0.2) is 0 Å². The largest absolute Gasteiger partial charge is 0.339 e. The van der Waals surface area contributed by atoms with Crippen LogP contribution in [0, 0.1) is 5.92 Å². The van der Waals surface area contributed by atoms with E-state index in [9.17, 15) is 0 Å². The molecular formula is C14H26N4. The van der Waals surface area contributed by atoms with E-state index in [1.807, 2.05) is 6.20 Å². The predicted octanol–water partition coefficient (Wildman–Crippen LogP) is 2.25. The molecule has 1 fully saturated rings. The van der Waals surface area contributed by atoms with Gasteiger partial charge in [-0.15, -0.1) is 0 Å². The van der Waals surface area contributed by atoms with Gasteiger partial charge in [0, 0.05) is 31.5 Å². The number of aromatic nitrogens is 2. The molecule has 0 radical (unpaired) electrons. The molecule has 0 aromatic carbocycles. The molecule has 2 unspecified atom stereocenters. The molecule has 1 aromatic heterocycles. The Hall–Kier alpha value is -1.03. The maximum absolute atomic E-state index is 5.83. The van der Waals surface area contributed by atoms with Crippen LogP contribution in [-0.2, 0) is 6.54 Å². The number of hydrogen-bond donors (Lipinski definition) is 1. The Balaban J connectivity index is 2.10. The molecule has 0 bridgehead atoms. The van der Waals surface area contributed by atoms with E-state index in [-0.39, 0.29) is 0 Å². The number of piperidine rings is 1. The van der Waals surface area contributed by atoms with Gasteiger partial charge in [-0.3, -0.25) is 0 Å². The highest BCUT2D eigenvalue weighted by Gasteiger charge is 2.27. The van der Waals surface area contributed by atoms with Gasteiger partial charge in [0.05, 0.1) is 0 Å². The van der Waals surface area contributed by atoms with E-state index < -0.39 is 0 Å².